The maximum atomic E-state index is 12.5. The van der Waals surface area contributed by atoms with Gasteiger partial charge in [0.05, 0.1) is 18.8 Å². The average molecular weight is 1030 g/mol. The highest BCUT2D eigenvalue weighted by Gasteiger charge is 2.18. The lowest BCUT2D eigenvalue weighted by Crippen LogP contribution is -2.45. The molecule has 2 unspecified atom stereocenters. The molecule has 0 aliphatic carbocycles. The van der Waals surface area contributed by atoms with Gasteiger partial charge < -0.3 is 15.5 Å². The number of carbonyl (C=O) groups is 1. The van der Waals surface area contributed by atoms with E-state index < -0.39 is 12.1 Å². The van der Waals surface area contributed by atoms with Crippen LogP contribution in [0.3, 0.4) is 0 Å². The molecular weight excluding hydrogens is 903 g/mol. The van der Waals surface area contributed by atoms with Crippen LogP contribution in [-0.2, 0) is 4.79 Å². The zero-order chi connectivity index (χ0) is 53.4. The largest absolute Gasteiger partial charge is 0.394 e. The Balaban J connectivity index is 3.52. The van der Waals surface area contributed by atoms with E-state index in [0.717, 1.165) is 77.0 Å². The Morgan fingerprint density at radius 3 is 0.946 bits per heavy atom. The number of amides is 1. The van der Waals surface area contributed by atoms with Crippen molar-refractivity contribution in [2.24, 2.45) is 0 Å². The predicted molar refractivity (Wildman–Crippen MR) is 331 cm³/mol. The Morgan fingerprint density at radius 2 is 0.608 bits per heavy atom. The van der Waals surface area contributed by atoms with Gasteiger partial charge in [-0.2, -0.15) is 0 Å². The third kappa shape index (κ3) is 59.9. The van der Waals surface area contributed by atoms with E-state index in [1.165, 1.54) is 212 Å². The van der Waals surface area contributed by atoms with Gasteiger partial charge in [0.15, 0.2) is 0 Å². The maximum Gasteiger partial charge on any atom is 0.220 e. The van der Waals surface area contributed by atoms with Crippen molar-refractivity contribution < 1.29 is 15.0 Å². The highest BCUT2D eigenvalue weighted by molar-refractivity contribution is 5.76. The molecule has 0 heterocycles. The second kappa shape index (κ2) is 64.3. The Labute approximate surface area is 461 Å². The van der Waals surface area contributed by atoms with Crippen LogP contribution in [0.15, 0.2) is 109 Å². The van der Waals surface area contributed by atoms with Gasteiger partial charge in [0.2, 0.25) is 5.91 Å². The number of carbonyl (C=O) groups excluding carboxylic acids is 1. The van der Waals surface area contributed by atoms with Crippen molar-refractivity contribution in [1.29, 1.82) is 0 Å². The quantitative estimate of drug-likeness (QED) is 0.0420. The van der Waals surface area contributed by atoms with Crippen LogP contribution in [0, 0.1) is 0 Å². The van der Waals surface area contributed by atoms with Crippen molar-refractivity contribution in [3.63, 3.8) is 0 Å². The molecule has 0 aliphatic rings. The zero-order valence-corrected chi connectivity index (χ0v) is 49.1. The van der Waals surface area contributed by atoms with E-state index in [2.05, 4.69) is 116 Å². The Bertz CT molecular complexity index is 1400. The van der Waals surface area contributed by atoms with Crippen molar-refractivity contribution in [1.82, 2.24) is 5.32 Å². The molecule has 0 saturated heterocycles. The van der Waals surface area contributed by atoms with E-state index in [-0.39, 0.29) is 12.5 Å². The molecule has 0 spiro atoms. The zero-order valence-electron chi connectivity index (χ0n) is 49.1. The molecule has 74 heavy (non-hydrogen) atoms. The molecule has 3 N–H and O–H groups in total. The average Bonchev–Trinajstić information content (AvgIpc) is 3.40. The van der Waals surface area contributed by atoms with Gasteiger partial charge in [0.25, 0.3) is 0 Å². The summed E-state index contributed by atoms with van der Waals surface area (Å²) in [6, 6.07) is -0.645. The summed E-state index contributed by atoms with van der Waals surface area (Å²) in [6.07, 6.45) is 97.1. The van der Waals surface area contributed by atoms with Crippen LogP contribution in [0.4, 0.5) is 0 Å². The van der Waals surface area contributed by atoms with Crippen molar-refractivity contribution in [3.8, 4) is 0 Å². The first-order valence-electron chi connectivity index (χ1n) is 32.1. The van der Waals surface area contributed by atoms with Crippen molar-refractivity contribution in [2.75, 3.05) is 6.61 Å². The number of hydrogen-bond acceptors (Lipinski definition) is 3. The lowest BCUT2D eigenvalue weighted by Gasteiger charge is -2.19. The van der Waals surface area contributed by atoms with Crippen molar-refractivity contribution in [3.05, 3.63) is 109 Å². The third-order valence-corrected chi connectivity index (χ3v) is 14.2. The first kappa shape index (κ1) is 71.0. The molecule has 1 amide bonds. The fourth-order valence-electron chi connectivity index (χ4n) is 9.41. The summed E-state index contributed by atoms with van der Waals surface area (Å²) in [6.45, 7) is 4.20. The number of rotatable bonds is 58. The number of hydrogen-bond donors (Lipinski definition) is 3. The van der Waals surface area contributed by atoms with Gasteiger partial charge in [-0.1, -0.05) is 322 Å². The van der Waals surface area contributed by atoms with Gasteiger partial charge in [-0.15, -0.1) is 0 Å². The third-order valence-electron chi connectivity index (χ3n) is 14.2. The molecule has 0 radical (unpaired) electrons. The molecule has 0 aromatic carbocycles. The molecule has 4 heteroatoms. The van der Waals surface area contributed by atoms with Gasteiger partial charge in [0, 0.05) is 6.42 Å². The van der Waals surface area contributed by atoms with Gasteiger partial charge in [0.1, 0.15) is 0 Å². The predicted octanol–water partition coefficient (Wildman–Crippen LogP) is 21.8. The number of unbranched alkanes of at least 4 members (excludes halogenated alkanes) is 35. The number of aliphatic hydroxyl groups is 2. The fourth-order valence-corrected chi connectivity index (χ4v) is 9.41. The van der Waals surface area contributed by atoms with Crippen LogP contribution in [-0.4, -0.2) is 34.9 Å². The van der Waals surface area contributed by atoms with Crippen LogP contribution in [0.2, 0.25) is 0 Å². The standard InChI is InChI=1S/C70H123NO3/c1-3-5-7-9-11-13-15-17-19-21-23-25-27-28-29-30-31-32-33-34-35-36-37-38-39-40-41-42-44-46-48-50-52-54-56-58-60-62-64-66-70(74)71-68(67-72)69(73)65-63-61-59-57-55-53-51-49-47-45-43-26-24-22-20-18-16-14-12-10-8-6-4-2/h5,7,11,13,17,19,23,25,28-29,31-32,34-35,55,57,63,65,68-69,72-73H,3-4,6,8-10,12,14-16,18,20-22,24,26-27,30,33,36-54,56,58-62,64,66-67H2,1-2H3,(H,71,74)/b7-5-,13-11-,19-17-,25-23-,29-28-,32-31-,35-34-,57-55+,65-63+. The summed E-state index contributed by atoms with van der Waals surface area (Å²) in [7, 11) is 0. The lowest BCUT2D eigenvalue weighted by atomic mass is 10.0. The van der Waals surface area contributed by atoms with Crippen molar-refractivity contribution in [2.45, 2.75) is 321 Å². The van der Waals surface area contributed by atoms with E-state index in [4.69, 9.17) is 0 Å². The first-order chi connectivity index (χ1) is 36.7. The molecule has 0 fully saturated rings. The minimum atomic E-state index is -0.868. The Hall–Kier alpha value is -2.95. The topological polar surface area (TPSA) is 69.6 Å². The highest BCUT2D eigenvalue weighted by Crippen LogP contribution is 2.17. The van der Waals surface area contributed by atoms with E-state index in [0.29, 0.717) is 6.42 Å². The van der Waals surface area contributed by atoms with Gasteiger partial charge in [-0.25, -0.2) is 0 Å². The summed E-state index contributed by atoms with van der Waals surface area (Å²) in [5.41, 5.74) is 0. The minimum absolute atomic E-state index is 0.0730. The van der Waals surface area contributed by atoms with Gasteiger partial charge in [-0.3, -0.25) is 4.79 Å². The Morgan fingerprint density at radius 1 is 0.338 bits per heavy atom. The fraction of sp³-hybridized carbons (Fsp3) is 0.729. The van der Waals surface area contributed by atoms with Gasteiger partial charge >= 0.3 is 0 Å². The van der Waals surface area contributed by atoms with Gasteiger partial charge in [-0.05, 0) is 89.9 Å². The van der Waals surface area contributed by atoms with Crippen LogP contribution in [0.1, 0.15) is 309 Å². The molecule has 0 aliphatic heterocycles. The Kier molecular flexibility index (Phi) is 61.8. The molecule has 4 nitrogen and oxygen atoms in total. The molecule has 0 aromatic heterocycles. The van der Waals surface area contributed by atoms with E-state index >= 15 is 0 Å². The molecule has 0 bridgehead atoms. The van der Waals surface area contributed by atoms with Crippen LogP contribution >= 0.6 is 0 Å². The molecular formula is C70H123NO3. The summed E-state index contributed by atoms with van der Waals surface area (Å²) < 4.78 is 0. The number of aliphatic hydroxyl groups excluding tert-OH is 2. The van der Waals surface area contributed by atoms with Crippen LogP contribution in [0.5, 0.6) is 0 Å². The monoisotopic (exact) mass is 1030 g/mol. The highest BCUT2D eigenvalue weighted by atomic mass is 16.3. The van der Waals surface area contributed by atoms with Crippen LogP contribution < -0.4 is 5.32 Å². The second-order valence-corrected chi connectivity index (χ2v) is 21.4. The van der Waals surface area contributed by atoms with Crippen LogP contribution in [0.25, 0.3) is 0 Å². The summed E-state index contributed by atoms with van der Waals surface area (Å²) in [5, 5.41) is 23.2. The molecule has 0 rings (SSSR count). The molecule has 0 aromatic rings. The SMILES string of the molecule is CC/C=C\C/C=C\C/C=C\C/C=C\C/C=C\C/C=C\C/C=C\CCCCCCCCCCCCCCCCCCCC(=O)NC(CO)C(O)/C=C/CC/C=C/CCCCCCCCCCCCCCCCCCC. The summed E-state index contributed by atoms with van der Waals surface area (Å²) in [5.74, 6) is -0.0730. The summed E-state index contributed by atoms with van der Waals surface area (Å²) >= 11 is 0. The summed E-state index contributed by atoms with van der Waals surface area (Å²) in [4.78, 5) is 12.5. The number of allylic oxidation sites excluding steroid dienone is 17. The molecule has 2 atom stereocenters. The van der Waals surface area contributed by atoms with E-state index in [1.807, 2.05) is 6.08 Å². The minimum Gasteiger partial charge on any atom is -0.394 e. The first-order valence-corrected chi connectivity index (χ1v) is 32.1. The molecule has 0 saturated carbocycles. The van der Waals surface area contributed by atoms with Crippen molar-refractivity contribution >= 4 is 5.91 Å². The van der Waals surface area contributed by atoms with E-state index in [1.54, 1.807) is 6.08 Å². The van der Waals surface area contributed by atoms with E-state index in [9.17, 15) is 15.0 Å². The smallest absolute Gasteiger partial charge is 0.220 e. The number of nitrogens with one attached hydrogen (secondary N) is 1. The maximum absolute atomic E-state index is 12.5. The normalized spacial score (nSPS) is 13.5. The molecule has 426 valence electrons. The lowest BCUT2D eigenvalue weighted by molar-refractivity contribution is -0.123. The second-order valence-electron chi connectivity index (χ2n) is 21.4.